The number of phenols is 1. The Morgan fingerprint density at radius 1 is 1.19 bits per heavy atom. The van der Waals surface area contributed by atoms with E-state index in [1.807, 2.05) is 13.0 Å². The van der Waals surface area contributed by atoms with Crippen LogP contribution >= 0.6 is 11.3 Å². The quantitative estimate of drug-likeness (QED) is 0.838. The summed E-state index contributed by atoms with van der Waals surface area (Å²) >= 11 is 1.78. The van der Waals surface area contributed by atoms with Crippen LogP contribution in [0.15, 0.2) is 29.6 Å². The van der Waals surface area contributed by atoms with E-state index < -0.39 is 0 Å². The van der Waals surface area contributed by atoms with Crippen LogP contribution in [0.2, 0.25) is 0 Å². The van der Waals surface area contributed by atoms with Gasteiger partial charge in [0.15, 0.2) is 0 Å². The summed E-state index contributed by atoms with van der Waals surface area (Å²) in [4.78, 5) is 1.34. The number of aryl methyl sites for hydroxylation is 2. The molecule has 0 radical (unpaired) electrons. The molecule has 2 rings (SSSR count). The Hall–Kier alpha value is -1.32. The minimum Gasteiger partial charge on any atom is -0.508 e. The minimum absolute atomic E-state index is 0.125. The van der Waals surface area contributed by atoms with Crippen LogP contribution in [0.5, 0.6) is 5.75 Å². The first-order valence-corrected chi connectivity index (χ1v) is 8.23. The van der Waals surface area contributed by atoms with Gasteiger partial charge in [0.1, 0.15) is 5.75 Å². The molecule has 1 aromatic carbocycles. The molecular formula is C18H25NOS. The largest absolute Gasteiger partial charge is 0.508 e. The zero-order valence-corrected chi connectivity index (χ0v) is 14.3. The predicted molar refractivity (Wildman–Crippen MR) is 90.9 cm³/mol. The van der Waals surface area contributed by atoms with Crippen molar-refractivity contribution in [2.45, 2.75) is 47.2 Å². The van der Waals surface area contributed by atoms with Crippen LogP contribution in [0.1, 0.15) is 48.4 Å². The molecule has 0 aliphatic heterocycles. The van der Waals surface area contributed by atoms with E-state index >= 15 is 0 Å². The highest BCUT2D eigenvalue weighted by atomic mass is 32.1. The van der Waals surface area contributed by atoms with E-state index in [-0.39, 0.29) is 11.5 Å². The van der Waals surface area contributed by atoms with Gasteiger partial charge in [-0.3, -0.25) is 0 Å². The molecule has 1 aromatic heterocycles. The first-order valence-electron chi connectivity index (χ1n) is 7.35. The standard InChI is InChI=1S/C18H25NOS/c1-12-9-14(15(20)10-13(12)2)11-19-17(18(3,4)5)16-7-6-8-21-16/h6-10,17,19-20H,11H2,1-5H3. The molecule has 1 unspecified atom stereocenters. The Morgan fingerprint density at radius 3 is 2.43 bits per heavy atom. The summed E-state index contributed by atoms with van der Waals surface area (Å²) in [6.07, 6.45) is 0. The van der Waals surface area contributed by atoms with E-state index in [0.29, 0.717) is 12.3 Å². The van der Waals surface area contributed by atoms with Gasteiger partial charge in [0.05, 0.1) is 0 Å². The molecule has 3 heteroatoms. The number of thiophene rings is 1. The summed E-state index contributed by atoms with van der Waals surface area (Å²) in [7, 11) is 0. The highest BCUT2D eigenvalue weighted by Gasteiger charge is 2.26. The van der Waals surface area contributed by atoms with Gasteiger partial charge in [-0.05, 0) is 47.9 Å². The molecule has 21 heavy (non-hydrogen) atoms. The molecule has 0 saturated carbocycles. The predicted octanol–water partition coefficient (Wildman–Crippen LogP) is 4.95. The summed E-state index contributed by atoms with van der Waals surface area (Å²) in [6.45, 7) is 11.5. The number of phenolic OH excluding ortho intramolecular Hbond substituents is 1. The maximum Gasteiger partial charge on any atom is 0.120 e. The van der Waals surface area contributed by atoms with E-state index in [4.69, 9.17) is 0 Å². The van der Waals surface area contributed by atoms with Crippen LogP contribution in [-0.4, -0.2) is 5.11 Å². The normalized spacial score (nSPS) is 13.4. The van der Waals surface area contributed by atoms with Crippen LogP contribution in [0.25, 0.3) is 0 Å². The average molecular weight is 303 g/mol. The molecule has 1 atom stereocenters. The number of benzene rings is 1. The molecular weight excluding hydrogens is 278 g/mol. The number of nitrogens with one attached hydrogen (secondary N) is 1. The molecule has 2 aromatic rings. The fourth-order valence-corrected chi connectivity index (χ4v) is 3.55. The van der Waals surface area contributed by atoms with E-state index in [9.17, 15) is 5.11 Å². The van der Waals surface area contributed by atoms with Gasteiger partial charge in [0.2, 0.25) is 0 Å². The van der Waals surface area contributed by atoms with Crippen LogP contribution in [-0.2, 0) is 6.54 Å². The summed E-state index contributed by atoms with van der Waals surface area (Å²) in [5.41, 5.74) is 3.43. The third kappa shape index (κ3) is 3.86. The Balaban J connectivity index is 2.18. The molecule has 0 bridgehead atoms. The zero-order valence-electron chi connectivity index (χ0n) is 13.5. The van der Waals surface area contributed by atoms with Gasteiger partial charge in [-0.1, -0.05) is 32.9 Å². The molecule has 114 valence electrons. The summed E-state index contributed by atoms with van der Waals surface area (Å²) < 4.78 is 0. The van der Waals surface area contributed by atoms with E-state index in [0.717, 1.165) is 11.1 Å². The maximum absolute atomic E-state index is 10.1. The van der Waals surface area contributed by atoms with Gasteiger partial charge in [-0.2, -0.15) is 0 Å². The number of aromatic hydroxyl groups is 1. The lowest BCUT2D eigenvalue weighted by Gasteiger charge is -2.31. The SMILES string of the molecule is Cc1cc(O)c(CNC(c2cccs2)C(C)(C)C)cc1C. The summed E-state index contributed by atoms with van der Waals surface area (Å²) in [6, 6.07) is 8.47. The van der Waals surface area contributed by atoms with Crippen molar-refractivity contribution in [3.05, 3.63) is 51.2 Å². The van der Waals surface area contributed by atoms with E-state index in [1.165, 1.54) is 10.4 Å². The second kappa shape index (κ2) is 6.20. The van der Waals surface area contributed by atoms with E-state index in [2.05, 4.69) is 56.6 Å². The molecule has 0 amide bonds. The van der Waals surface area contributed by atoms with Crippen molar-refractivity contribution in [1.82, 2.24) is 5.32 Å². The molecule has 1 heterocycles. The van der Waals surface area contributed by atoms with Crippen LogP contribution in [0.3, 0.4) is 0 Å². The fraction of sp³-hybridized carbons (Fsp3) is 0.444. The van der Waals surface area contributed by atoms with Crippen molar-refractivity contribution in [2.24, 2.45) is 5.41 Å². The first kappa shape index (κ1) is 16.1. The van der Waals surface area contributed by atoms with E-state index in [1.54, 1.807) is 11.3 Å². The van der Waals surface area contributed by atoms with Gasteiger partial charge < -0.3 is 10.4 Å². The van der Waals surface area contributed by atoms with Crippen molar-refractivity contribution >= 4 is 11.3 Å². The molecule has 0 spiro atoms. The number of rotatable bonds is 4. The molecule has 2 nitrogen and oxygen atoms in total. The van der Waals surface area contributed by atoms with Gasteiger partial charge in [0.25, 0.3) is 0 Å². The Kier molecular flexibility index (Phi) is 4.74. The van der Waals surface area contributed by atoms with Crippen LogP contribution < -0.4 is 5.32 Å². The third-order valence-electron chi connectivity index (χ3n) is 3.89. The van der Waals surface area contributed by atoms with Crippen LogP contribution in [0, 0.1) is 19.3 Å². The molecule has 0 saturated heterocycles. The Labute approximate surface area is 131 Å². The van der Waals surface area contributed by atoms with Crippen LogP contribution in [0.4, 0.5) is 0 Å². The van der Waals surface area contributed by atoms with Gasteiger partial charge >= 0.3 is 0 Å². The van der Waals surface area contributed by atoms with Crippen molar-refractivity contribution in [1.29, 1.82) is 0 Å². The number of hydrogen-bond acceptors (Lipinski definition) is 3. The van der Waals surface area contributed by atoms with Gasteiger partial charge in [-0.25, -0.2) is 0 Å². The fourth-order valence-electron chi connectivity index (χ4n) is 2.50. The first-order chi connectivity index (χ1) is 9.79. The van der Waals surface area contributed by atoms with Gasteiger partial charge in [-0.15, -0.1) is 11.3 Å². The zero-order chi connectivity index (χ0) is 15.6. The third-order valence-corrected chi connectivity index (χ3v) is 4.82. The lowest BCUT2D eigenvalue weighted by atomic mass is 9.85. The topological polar surface area (TPSA) is 32.3 Å². The smallest absolute Gasteiger partial charge is 0.120 e. The maximum atomic E-state index is 10.1. The van der Waals surface area contributed by atoms with Crippen molar-refractivity contribution in [3.63, 3.8) is 0 Å². The van der Waals surface area contributed by atoms with Crippen molar-refractivity contribution < 1.29 is 5.11 Å². The lowest BCUT2D eigenvalue weighted by Crippen LogP contribution is -2.31. The van der Waals surface area contributed by atoms with Crippen molar-refractivity contribution in [2.75, 3.05) is 0 Å². The number of hydrogen-bond donors (Lipinski definition) is 2. The monoisotopic (exact) mass is 303 g/mol. The average Bonchev–Trinajstić information content (AvgIpc) is 2.87. The highest BCUT2D eigenvalue weighted by Crippen LogP contribution is 2.35. The molecule has 2 N–H and O–H groups in total. The second-order valence-electron chi connectivity index (χ2n) is 6.76. The molecule has 0 aliphatic rings. The Morgan fingerprint density at radius 2 is 1.86 bits per heavy atom. The van der Waals surface area contributed by atoms with Gasteiger partial charge in [0, 0.05) is 23.0 Å². The minimum atomic E-state index is 0.125. The van der Waals surface area contributed by atoms with Crippen molar-refractivity contribution in [3.8, 4) is 5.75 Å². The Bertz CT molecular complexity index is 596. The highest BCUT2D eigenvalue weighted by molar-refractivity contribution is 7.10. The second-order valence-corrected chi connectivity index (χ2v) is 7.74. The molecule has 0 fully saturated rings. The lowest BCUT2D eigenvalue weighted by molar-refractivity contribution is 0.274. The summed E-state index contributed by atoms with van der Waals surface area (Å²) in [5.74, 6) is 0.379. The summed E-state index contributed by atoms with van der Waals surface area (Å²) in [5, 5.41) is 15.9. The molecule has 0 aliphatic carbocycles.